The van der Waals surface area contributed by atoms with Crippen molar-refractivity contribution in [3.63, 3.8) is 0 Å². The van der Waals surface area contributed by atoms with Crippen LogP contribution in [0.5, 0.6) is 23.0 Å². The summed E-state index contributed by atoms with van der Waals surface area (Å²) >= 11 is 0. The highest BCUT2D eigenvalue weighted by atomic mass is 16.5. The summed E-state index contributed by atoms with van der Waals surface area (Å²) in [5, 5.41) is 10.8. The molecule has 2 spiro atoms. The third-order valence-electron chi connectivity index (χ3n) is 24.4. The summed E-state index contributed by atoms with van der Waals surface area (Å²) in [7, 11) is 0. The number of ether oxygens (including phenoxy) is 2. The van der Waals surface area contributed by atoms with Gasteiger partial charge in [-0.3, -0.25) is 0 Å². The standard InChI is InChI=1S/C106H62N4O2/c1-3-22-68(23-4-1)97-83-31-15-18-34-95(83)107-104(109-97)71-41-37-64(38-42-71)74-49-54-90-86(61-74)82-30-14-17-33-88(82)106(90)93-57-47-67-21-9-12-28-79(67)101(93)112-102-80-51-43-72(59-76(80)50-58-94(102)106)75-44-52-84-96(62-75)108-103(70-24-5-2-6-25-70)110-98(84)69-39-35-63(36-40-69)73-48-53-89-85(60-73)81-29-13-16-32-87(81)105(89)91-55-45-65-19-7-10-26-77(65)99(91)111-100-78-27-11-8-20-66(78)46-56-92(100)105/h1-62H. The smallest absolute Gasteiger partial charge is 0.160 e. The molecular formula is C106H62N4O2. The number of para-hydroxylation sites is 1. The minimum atomic E-state index is -0.705. The summed E-state index contributed by atoms with van der Waals surface area (Å²) in [5.41, 5.74) is 27.2. The van der Waals surface area contributed by atoms with Crippen LogP contribution < -0.4 is 9.47 Å². The summed E-state index contributed by atoms with van der Waals surface area (Å²) < 4.78 is 14.8. The van der Waals surface area contributed by atoms with Crippen LogP contribution in [0.1, 0.15) is 44.5 Å². The van der Waals surface area contributed by atoms with Crippen LogP contribution in [0.2, 0.25) is 0 Å². The third kappa shape index (κ3) is 8.97. The first-order valence-electron chi connectivity index (χ1n) is 38.4. The first-order valence-corrected chi connectivity index (χ1v) is 38.4. The molecule has 6 heteroatoms. The molecule has 20 aromatic rings. The van der Waals surface area contributed by atoms with Gasteiger partial charge >= 0.3 is 0 Å². The summed E-state index contributed by atoms with van der Waals surface area (Å²) in [6.45, 7) is 0. The molecule has 18 aromatic carbocycles. The monoisotopic (exact) mass is 1420 g/mol. The Hall–Kier alpha value is -14.7. The number of benzene rings is 18. The van der Waals surface area contributed by atoms with Crippen LogP contribution in [0.4, 0.5) is 0 Å². The van der Waals surface area contributed by atoms with Gasteiger partial charge in [0.1, 0.15) is 23.0 Å². The highest BCUT2D eigenvalue weighted by molar-refractivity contribution is 6.05. The molecule has 2 aliphatic carbocycles. The van der Waals surface area contributed by atoms with Crippen molar-refractivity contribution in [1.82, 2.24) is 19.9 Å². The molecule has 1 atom stereocenters. The molecule has 6 nitrogen and oxygen atoms in total. The number of rotatable bonds is 7. The van der Waals surface area contributed by atoms with Gasteiger partial charge < -0.3 is 9.47 Å². The Morgan fingerprint density at radius 3 is 1.02 bits per heavy atom. The van der Waals surface area contributed by atoms with Gasteiger partial charge in [0.05, 0.1) is 33.3 Å². The van der Waals surface area contributed by atoms with Crippen LogP contribution in [-0.2, 0) is 10.8 Å². The number of hydrogen-bond donors (Lipinski definition) is 0. The van der Waals surface area contributed by atoms with E-state index in [0.717, 1.165) is 177 Å². The van der Waals surface area contributed by atoms with Crippen LogP contribution in [0.25, 0.3) is 166 Å². The quantitative estimate of drug-likeness (QED) is 0.158. The van der Waals surface area contributed by atoms with Gasteiger partial charge in [0, 0.05) is 76.8 Å². The highest BCUT2D eigenvalue weighted by Gasteiger charge is 2.54. The molecule has 24 rings (SSSR count). The number of fused-ring (bicyclic) bond motifs is 28. The maximum absolute atomic E-state index is 7.53. The van der Waals surface area contributed by atoms with Crippen molar-refractivity contribution in [1.29, 1.82) is 0 Å². The Morgan fingerprint density at radius 2 is 0.500 bits per heavy atom. The Bertz CT molecular complexity index is 7350. The highest BCUT2D eigenvalue weighted by Crippen LogP contribution is 2.67. The van der Waals surface area contributed by atoms with Crippen LogP contribution >= 0.6 is 0 Å². The zero-order valence-electron chi connectivity index (χ0n) is 60.4. The molecule has 0 saturated carbocycles. The fourth-order valence-corrected chi connectivity index (χ4v) is 19.3. The van der Waals surface area contributed by atoms with Crippen LogP contribution in [0.15, 0.2) is 376 Å². The Labute approximate surface area is 645 Å². The summed E-state index contributed by atoms with van der Waals surface area (Å²) in [4.78, 5) is 21.1. The Balaban J connectivity index is 0.593. The van der Waals surface area contributed by atoms with Gasteiger partial charge in [-0.05, 0) is 136 Å². The molecule has 0 N–H and O–H groups in total. The second-order valence-corrected chi connectivity index (χ2v) is 30.1. The minimum Gasteiger partial charge on any atom is -0.455 e. The molecule has 1 unspecified atom stereocenters. The maximum Gasteiger partial charge on any atom is 0.160 e. The molecule has 2 aromatic heterocycles. The van der Waals surface area contributed by atoms with Crippen molar-refractivity contribution in [2.24, 2.45) is 0 Å². The molecule has 4 aliphatic rings. The van der Waals surface area contributed by atoms with E-state index >= 15 is 0 Å². The predicted octanol–water partition coefficient (Wildman–Crippen LogP) is 26.8. The van der Waals surface area contributed by atoms with E-state index in [4.69, 9.17) is 29.4 Å². The molecule has 4 heterocycles. The van der Waals surface area contributed by atoms with Crippen molar-refractivity contribution < 1.29 is 9.47 Å². The van der Waals surface area contributed by atoms with Crippen LogP contribution in [-0.4, -0.2) is 19.9 Å². The second kappa shape index (κ2) is 23.9. The maximum atomic E-state index is 7.53. The molecule has 0 fully saturated rings. The van der Waals surface area contributed by atoms with E-state index in [0.29, 0.717) is 11.6 Å². The summed E-state index contributed by atoms with van der Waals surface area (Å²) in [5.74, 6) is 4.94. The normalized spacial score (nSPS) is 14.3. The first-order chi connectivity index (χ1) is 55.5. The van der Waals surface area contributed by atoms with Gasteiger partial charge in [-0.2, -0.15) is 0 Å². The van der Waals surface area contributed by atoms with E-state index in [1.165, 1.54) is 44.5 Å². The van der Waals surface area contributed by atoms with Crippen molar-refractivity contribution in [3.05, 3.63) is 421 Å². The van der Waals surface area contributed by atoms with Gasteiger partial charge in [-0.25, -0.2) is 19.9 Å². The average Bonchev–Trinajstić information content (AvgIpc) is 1.48. The van der Waals surface area contributed by atoms with Crippen LogP contribution in [0.3, 0.4) is 0 Å². The molecule has 0 amide bonds. The fourth-order valence-electron chi connectivity index (χ4n) is 19.3. The fraction of sp³-hybridized carbons (Fsp3) is 0.0189. The van der Waals surface area contributed by atoms with E-state index in [2.05, 4.69) is 358 Å². The largest absolute Gasteiger partial charge is 0.455 e. The zero-order chi connectivity index (χ0) is 73.3. The lowest BCUT2D eigenvalue weighted by atomic mass is 9.65. The Morgan fingerprint density at radius 1 is 0.179 bits per heavy atom. The van der Waals surface area contributed by atoms with E-state index in [1.807, 2.05) is 18.2 Å². The molecule has 0 bridgehead atoms. The Kier molecular flexibility index (Phi) is 13.3. The second-order valence-electron chi connectivity index (χ2n) is 30.1. The van der Waals surface area contributed by atoms with E-state index in [9.17, 15) is 0 Å². The first kappa shape index (κ1) is 62.3. The van der Waals surface area contributed by atoms with Crippen molar-refractivity contribution >= 4 is 64.9 Å². The lowest BCUT2D eigenvalue weighted by Crippen LogP contribution is -2.32. The third-order valence-corrected chi connectivity index (χ3v) is 24.4. The molecule has 518 valence electrons. The molecule has 0 saturated heterocycles. The lowest BCUT2D eigenvalue weighted by Gasteiger charge is -2.40. The van der Waals surface area contributed by atoms with E-state index < -0.39 is 10.8 Å². The minimum absolute atomic E-state index is 0.624. The lowest BCUT2D eigenvalue weighted by molar-refractivity contribution is 0.447. The van der Waals surface area contributed by atoms with Crippen molar-refractivity contribution in [3.8, 4) is 124 Å². The van der Waals surface area contributed by atoms with Crippen LogP contribution in [0, 0.1) is 0 Å². The topological polar surface area (TPSA) is 70.0 Å². The molecular weight excluding hydrogens is 1360 g/mol. The SMILES string of the molecule is c1ccc(-c2nc(-c3ccc(-c4ccc5c(c4)-c4ccccc4C54c5ccc6ccccc6c5Oc5c4ccc4ccccc54)cc3)c3ccc(-c4ccc5c6c(ccc5c4)C4(c5ccccc5-c5cc(-c7ccc(-c8nc(-c9ccccc9)c9ccccc9n8)cc7)ccc54)c4ccc5ccccc5c4O6)cc3n2)cc1. The van der Waals surface area contributed by atoms with Gasteiger partial charge in [-0.15, -0.1) is 0 Å². The summed E-state index contributed by atoms with van der Waals surface area (Å²) in [6.07, 6.45) is 0. The summed E-state index contributed by atoms with van der Waals surface area (Å²) in [6, 6.07) is 137. The number of nitrogens with zero attached hydrogens (tertiary/aromatic N) is 4. The van der Waals surface area contributed by atoms with Gasteiger partial charge in [0.25, 0.3) is 0 Å². The van der Waals surface area contributed by atoms with Crippen molar-refractivity contribution in [2.75, 3.05) is 0 Å². The molecule has 2 aliphatic heterocycles. The van der Waals surface area contributed by atoms with Gasteiger partial charge in [-0.1, -0.05) is 340 Å². The van der Waals surface area contributed by atoms with Gasteiger partial charge in [0.2, 0.25) is 0 Å². The number of aromatic nitrogens is 4. The predicted molar refractivity (Wildman–Crippen MR) is 455 cm³/mol. The number of hydrogen-bond acceptors (Lipinski definition) is 6. The van der Waals surface area contributed by atoms with E-state index in [1.54, 1.807) is 0 Å². The average molecular weight is 1420 g/mol. The molecule has 0 radical (unpaired) electrons. The van der Waals surface area contributed by atoms with E-state index in [-0.39, 0.29) is 0 Å². The van der Waals surface area contributed by atoms with Gasteiger partial charge in [0.15, 0.2) is 11.6 Å². The molecule has 112 heavy (non-hydrogen) atoms. The zero-order valence-corrected chi connectivity index (χ0v) is 60.4. The van der Waals surface area contributed by atoms with Crippen molar-refractivity contribution in [2.45, 2.75) is 10.8 Å².